The smallest absolute Gasteiger partial charge is 0.126 e. The van der Waals surface area contributed by atoms with Crippen molar-refractivity contribution in [3.05, 3.63) is 94.3 Å². The molecule has 0 amide bonds. The molecule has 1 heteroatoms. The molecule has 0 nitrogen and oxygen atoms in total. The molecule has 0 unspecified atom stereocenters. The topological polar surface area (TPSA) is 0 Å². The normalized spacial score (nSPS) is 11.0. The summed E-state index contributed by atoms with van der Waals surface area (Å²) in [4.78, 5) is 0. The van der Waals surface area contributed by atoms with E-state index in [1.807, 2.05) is 13.0 Å². The van der Waals surface area contributed by atoms with E-state index in [1.54, 1.807) is 6.07 Å². The van der Waals surface area contributed by atoms with Crippen molar-refractivity contribution in [3.8, 4) is 11.1 Å². The lowest BCUT2D eigenvalue weighted by Crippen LogP contribution is -1.99. The summed E-state index contributed by atoms with van der Waals surface area (Å²) in [5.74, 6) is -0.113. The highest BCUT2D eigenvalue weighted by Crippen LogP contribution is 2.28. The maximum atomic E-state index is 14.1. The van der Waals surface area contributed by atoms with Crippen molar-refractivity contribution < 1.29 is 4.39 Å². The number of unbranched alkanes of at least 4 members (excludes halogenated alkanes) is 2. The van der Waals surface area contributed by atoms with Gasteiger partial charge in [-0.1, -0.05) is 81.3 Å². The van der Waals surface area contributed by atoms with Gasteiger partial charge in [0.2, 0.25) is 0 Å². The lowest BCUT2D eigenvalue weighted by atomic mass is 9.90. The number of halogens is 1. The lowest BCUT2D eigenvalue weighted by Gasteiger charge is -2.15. The first-order chi connectivity index (χ1) is 13.6. The first-order valence-electron chi connectivity index (χ1n) is 10.6. The molecular formula is C27H31F. The van der Waals surface area contributed by atoms with Crippen LogP contribution in [0.1, 0.15) is 60.9 Å². The molecule has 0 atom stereocenters. The summed E-state index contributed by atoms with van der Waals surface area (Å²) >= 11 is 0. The largest absolute Gasteiger partial charge is 0.207 e. The summed E-state index contributed by atoms with van der Waals surface area (Å²) < 4.78 is 14.1. The first kappa shape index (κ1) is 20.3. The maximum Gasteiger partial charge on any atom is 0.126 e. The van der Waals surface area contributed by atoms with Crippen molar-refractivity contribution >= 4 is 0 Å². The van der Waals surface area contributed by atoms with Gasteiger partial charge in [-0.2, -0.15) is 0 Å². The Hall–Kier alpha value is -2.41. The van der Waals surface area contributed by atoms with Crippen LogP contribution in [0.15, 0.2) is 60.7 Å². The molecule has 0 aromatic heterocycles. The standard InChI is InChI=1S/C27H31F/c1-4-6-7-11-23-15-16-24(26-12-9-8-10-22(26)5-2)19-25(23)17-21-14-13-20(3)27(28)18-21/h8-10,12-16,18-19H,4-7,11,17H2,1-3H3. The van der Waals surface area contributed by atoms with Gasteiger partial charge in [-0.15, -0.1) is 0 Å². The number of benzene rings is 3. The molecule has 0 aliphatic rings. The molecule has 0 aliphatic heterocycles. The van der Waals surface area contributed by atoms with Crippen LogP contribution in [0.25, 0.3) is 11.1 Å². The minimum atomic E-state index is -0.113. The van der Waals surface area contributed by atoms with Crippen LogP contribution < -0.4 is 0 Å². The molecule has 0 radical (unpaired) electrons. The van der Waals surface area contributed by atoms with Crippen molar-refractivity contribution in [1.29, 1.82) is 0 Å². The van der Waals surface area contributed by atoms with Crippen molar-refractivity contribution in [2.24, 2.45) is 0 Å². The predicted octanol–water partition coefficient (Wildman–Crippen LogP) is 7.69. The van der Waals surface area contributed by atoms with E-state index in [-0.39, 0.29) is 5.82 Å². The van der Waals surface area contributed by atoms with Gasteiger partial charge in [0.15, 0.2) is 0 Å². The molecule has 28 heavy (non-hydrogen) atoms. The Bertz CT molecular complexity index is 923. The van der Waals surface area contributed by atoms with Crippen LogP contribution in [0.3, 0.4) is 0 Å². The van der Waals surface area contributed by atoms with Crippen molar-refractivity contribution in [2.45, 2.75) is 59.3 Å². The summed E-state index contributed by atoms with van der Waals surface area (Å²) in [5.41, 5.74) is 8.41. The Morgan fingerprint density at radius 2 is 1.61 bits per heavy atom. The average molecular weight is 375 g/mol. The van der Waals surface area contributed by atoms with E-state index in [1.165, 1.54) is 47.1 Å². The maximum absolute atomic E-state index is 14.1. The van der Waals surface area contributed by atoms with E-state index in [9.17, 15) is 4.39 Å². The zero-order valence-electron chi connectivity index (χ0n) is 17.4. The minimum Gasteiger partial charge on any atom is -0.207 e. The molecule has 0 bridgehead atoms. The van der Waals surface area contributed by atoms with Gasteiger partial charge < -0.3 is 0 Å². The number of hydrogen-bond donors (Lipinski definition) is 0. The van der Waals surface area contributed by atoms with Gasteiger partial charge in [0.1, 0.15) is 5.82 Å². The SMILES string of the molecule is CCCCCc1ccc(-c2ccccc2CC)cc1Cc1ccc(C)c(F)c1. The summed E-state index contributed by atoms with van der Waals surface area (Å²) in [6, 6.07) is 21.1. The highest BCUT2D eigenvalue weighted by Gasteiger charge is 2.10. The molecule has 0 heterocycles. The summed E-state index contributed by atoms with van der Waals surface area (Å²) in [6.07, 6.45) is 6.57. The fourth-order valence-electron chi connectivity index (χ4n) is 3.84. The van der Waals surface area contributed by atoms with E-state index in [2.05, 4.69) is 62.4 Å². The van der Waals surface area contributed by atoms with Crippen molar-refractivity contribution in [1.82, 2.24) is 0 Å². The molecule has 0 saturated carbocycles. The summed E-state index contributed by atoms with van der Waals surface area (Å²) in [7, 11) is 0. The van der Waals surface area contributed by atoms with Crippen LogP contribution in [0.5, 0.6) is 0 Å². The Morgan fingerprint density at radius 1 is 0.786 bits per heavy atom. The monoisotopic (exact) mass is 374 g/mol. The van der Waals surface area contributed by atoms with E-state index >= 15 is 0 Å². The Morgan fingerprint density at radius 3 is 2.36 bits per heavy atom. The molecule has 0 saturated heterocycles. The molecule has 0 N–H and O–H groups in total. The van der Waals surface area contributed by atoms with Gasteiger partial charge in [-0.25, -0.2) is 4.39 Å². The molecular weight excluding hydrogens is 343 g/mol. The fourth-order valence-corrected chi connectivity index (χ4v) is 3.84. The number of hydrogen-bond acceptors (Lipinski definition) is 0. The van der Waals surface area contributed by atoms with Gasteiger partial charge in [-0.05, 0) is 77.6 Å². The number of aryl methyl sites for hydroxylation is 3. The minimum absolute atomic E-state index is 0.113. The zero-order valence-corrected chi connectivity index (χ0v) is 17.4. The summed E-state index contributed by atoms with van der Waals surface area (Å²) in [6.45, 7) is 6.26. The average Bonchev–Trinajstić information content (AvgIpc) is 2.72. The van der Waals surface area contributed by atoms with Gasteiger partial charge in [0.25, 0.3) is 0 Å². The summed E-state index contributed by atoms with van der Waals surface area (Å²) in [5, 5.41) is 0. The van der Waals surface area contributed by atoms with E-state index < -0.39 is 0 Å². The van der Waals surface area contributed by atoms with Crippen LogP contribution >= 0.6 is 0 Å². The first-order valence-corrected chi connectivity index (χ1v) is 10.6. The molecule has 3 aromatic rings. The van der Waals surface area contributed by atoms with E-state index in [0.29, 0.717) is 5.56 Å². The number of rotatable bonds is 8. The molecule has 0 aliphatic carbocycles. The van der Waals surface area contributed by atoms with Crippen LogP contribution in [0.2, 0.25) is 0 Å². The third kappa shape index (κ3) is 4.90. The Labute approximate surface area is 169 Å². The van der Waals surface area contributed by atoms with Crippen LogP contribution in [0, 0.1) is 12.7 Å². The second-order valence-corrected chi connectivity index (χ2v) is 7.71. The van der Waals surface area contributed by atoms with Crippen molar-refractivity contribution in [2.75, 3.05) is 0 Å². The van der Waals surface area contributed by atoms with Gasteiger partial charge >= 0.3 is 0 Å². The Kier molecular flexibility index (Phi) is 7.03. The quantitative estimate of drug-likeness (QED) is 0.355. The Balaban J connectivity index is 1.98. The molecule has 0 fully saturated rings. The van der Waals surface area contributed by atoms with Crippen LogP contribution in [-0.4, -0.2) is 0 Å². The van der Waals surface area contributed by atoms with E-state index in [0.717, 1.165) is 24.8 Å². The van der Waals surface area contributed by atoms with Crippen molar-refractivity contribution in [3.63, 3.8) is 0 Å². The third-order valence-electron chi connectivity index (χ3n) is 5.60. The predicted molar refractivity (Wildman–Crippen MR) is 118 cm³/mol. The van der Waals surface area contributed by atoms with Crippen LogP contribution in [-0.2, 0) is 19.3 Å². The highest BCUT2D eigenvalue weighted by atomic mass is 19.1. The third-order valence-corrected chi connectivity index (χ3v) is 5.60. The zero-order chi connectivity index (χ0) is 19.9. The molecule has 3 rings (SSSR count). The van der Waals surface area contributed by atoms with Crippen LogP contribution in [0.4, 0.5) is 4.39 Å². The second-order valence-electron chi connectivity index (χ2n) is 7.71. The lowest BCUT2D eigenvalue weighted by molar-refractivity contribution is 0.616. The van der Waals surface area contributed by atoms with E-state index in [4.69, 9.17) is 0 Å². The molecule has 0 spiro atoms. The molecule has 146 valence electrons. The fraction of sp³-hybridized carbons (Fsp3) is 0.333. The van der Waals surface area contributed by atoms with Gasteiger partial charge in [-0.3, -0.25) is 0 Å². The molecule has 3 aromatic carbocycles. The van der Waals surface area contributed by atoms with Gasteiger partial charge in [0.05, 0.1) is 0 Å². The highest BCUT2D eigenvalue weighted by molar-refractivity contribution is 5.68. The second kappa shape index (κ2) is 9.68. The van der Waals surface area contributed by atoms with Gasteiger partial charge in [0, 0.05) is 0 Å².